The van der Waals surface area contributed by atoms with Crippen molar-refractivity contribution in [2.24, 2.45) is 0 Å². The molecule has 0 aliphatic heterocycles. The third kappa shape index (κ3) is 4.02. The minimum Gasteiger partial charge on any atom is -0.266 e. The standard InChI is InChI=1S/C27H16ClN5O2S/c28-20-13-11-18(12-14-20)23-19(16-32(30-23)21-9-5-2-6-10-21)15-22-26(35)33-27(36-22)29-25(34)24(31-33)17-7-3-1-4-8-17/h1-16H. The number of thiazole rings is 1. The molecule has 0 radical (unpaired) electrons. The molecule has 0 amide bonds. The van der Waals surface area contributed by atoms with Crippen LogP contribution < -0.4 is 15.7 Å². The van der Waals surface area contributed by atoms with Gasteiger partial charge in [0.2, 0.25) is 4.96 Å². The van der Waals surface area contributed by atoms with E-state index in [-0.39, 0.29) is 16.2 Å². The summed E-state index contributed by atoms with van der Waals surface area (Å²) in [6, 6.07) is 26.0. The number of fused-ring (bicyclic) bond motifs is 1. The van der Waals surface area contributed by atoms with Crippen LogP contribution in [0.15, 0.2) is 101 Å². The fraction of sp³-hybridized carbons (Fsp3) is 0. The molecule has 0 saturated carbocycles. The molecule has 0 spiro atoms. The van der Waals surface area contributed by atoms with Gasteiger partial charge in [0, 0.05) is 27.9 Å². The van der Waals surface area contributed by atoms with E-state index < -0.39 is 5.56 Å². The predicted molar refractivity (Wildman–Crippen MR) is 142 cm³/mol. The first-order valence-corrected chi connectivity index (χ1v) is 12.2. The molecular formula is C27H16ClN5O2S. The van der Waals surface area contributed by atoms with Crippen molar-refractivity contribution in [1.82, 2.24) is 24.4 Å². The number of halogens is 1. The van der Waals surface area contributed by atoms with Crippen LogP contribution in [0.3, 0.4) is 0 Å². The molecular weight excluding hydrogens is 494 g/mol. The molecule has 0 unspecified atom stereocenters. The molecule has 3 aromatic heterocycles. The molecule has 3 heterocycles. The lowest BCUT2D eigenvalue weighted by molar-refractivity contribution is 0.873. The van der Waals surface area contributed by atoms with Crippen LogP contribution in [0.4, 0.5) is 0 Å². The highest BCUT2D eigenvalue weighted by atomic mass is 35.5. The van der Waals surface area contributed by atoms with Crippen LogP contribution in [-0.2, 0) is 0 Å². The first-order valence-electron chi connectivity index (χ1n) is 11.0. The van der Waals surface area contributed by atoms with Crippen molar-refractivity contribution in [3.05, 3.63) is 127 Å². The van der Waals surface area contributed by atoms with Gasteiger partial charge in [0.05, 0.1) is 10.2 Å². The summed E-state index contributed by atoms with van der Waals surface area (Å²) in [5, 5.41) is 9.74. The van der Waals surface area contributed by atoms with E-state index in [1.165, 1.54) is 4.52 Å². The molecule has 36 heavy (non-hydrogen) atoms. The van der Waals surface area contributed by atoms with E-state index in [1.54, 1.807) is 47.2 Å². The Hall–Kier alpha value is -4.40. The summed E-state index contributed by atoms with van der Waals surface area (Å²) in [6.07, 6.45) is 3.62. The summed E-state index contributed by atoms with van der Waals surface area (Å²) in [5.41, 5.74) is 3.06. The molecule has 174 valence electrons. The lowest BCUT2D eigenvalue weighted by atomic mass is 10.1. The quantitative estimate of drug-likeness (QED) is 0.355. The highest BCUT2D eigenvalue weighted by molar-refractivity contribution is 7.15. The molecule has 0 aliphatic rings. The number of aromatic nitrogens is 5. The van der Waals surface area contributed by atoms with E-state index >= 15 is 0 Å². The van der Waals surface area contributed by atoms with Crippen molar-refractivity contribution >= 4 is 34.0 Å². The van der Waals surface area contributed by atoms with Crippen molar-refractivity contribution in [3.8, 4) is 28.2 Å². The number of benzene rings is 3. The second-order valence-corrected chi connectivity index (χ2v) is 9.41. The first kappa shape index (κ1) is 22.1. The van der Waals surface area contributed by atoms with E-state index in [9.17, 15) is 9.59 Å². The smallest absolute Gasteiger partial charge is 0.266 e. The lowest BCUT2D eigenvalue weighted by Crippen LogP contribution is -2.26. The van der Waals surface area contributed by atoms with Crippen molar-refractivity contribution in [1.29, 1.82) is 0 Å². The number of nitrogens with zero attached hydrogens (tertiary/aromatic N) is 5. The zero-order chi connectivity index (χ0) is 24.6. The fourth-order valence-corrected chi connectivity index (χ4v) is 4.89. The number of hydrogen-bond acceptors (Lipinski definition) is 6. The zero-order valence-corrected chi connectivity index (χ0v) is 20.1. The Kier molecular flexibility index (Phi) is 5.52. The van der Waals surface area contributed by atoms with Gasteiger partial charge in [-0.2, -0.15) is 19.7 Å². The number of para-hydroxylation sites is 1. The second kappa shape index (κ2) is 8.99. The molecule has 6 rings (SSSR count). The Morgan fingerprint density at radius 2 is 1.44 bits per heavy atom. The van der Waals surface area contributed by atoms with Gasteiger partial charge in [-0.15, -0.1) is 0 Å². The highest BCUT2D eigenvalue weighted by Crippen LogP contribution is 2.26. The van der Waals surface area contributed by atoms with Gasteiger partial charge in [-0.3, -0.25) is 9.59 Å². The van der Waals surface area contributed by atoms with E-state index in [0.717, 1.165) is 28.2 Å². The summed E-state index contributed by atoms with van der Waals surface area (Å²) >= 11 is 7.20. The zero-order valence-electron chi connectivity index (χ0n) is 18.6. The minimum absolute atomic E-state index is 0.133. The highest BCUT2D eigenvalue weighted by Gasteiger charge is 2.15. The Morgan fingerprint density at radius 1 is 0.778 bits per heavy atom. The van der Waals surface area contributed by atoms with Crippen LogP contribution in [0.5, 0.6) is 0 Å². The lowest BCUT2D eigenvalue weighted by Gasteiger charge is -2.00. The van der Waals surface area contributed by atoms with Crippen LogP contribution in [0.1, 0.15) is 5.56 Å². The predicted octanol–water partition coefficient (Wildman–Crippen LogP) is 4.23. The molecule has 0 saturated heterocycles. The summed E-state index contributed by atoms with van der Waals surface area (Å²) in [5.74, 6) is 0. The number of hydrogen-bond donors (Lipinski definition) is 0. The molecule has 7 nitrogen and oxygen atoms in total. The maximum absolute atomic E-state index is 13.3. The Morgan fingerprint density at radius 3 is 2.17 bits per heavy atom. The molecule has 0 N–H and O–H groups in total. The van der Waals surface area contributed by atoms with Gasteiger partial charge >= 0.3 is 5.56 Å². The van der Waals surface area contributed by atoms with Crippen molar-refractivity contribution in [3.63, 3.8) is 0 Å². The fourth-order valence-electron chi connectivity index (χ4n) is 3.87. The van der Waals surface area contributed by atoms with E-state index in [4.69, 9.17) is 16.7 Å². The van der Waals surface area contributed by atoms with Gasteiger partial charge in [-0.1, -0.05) is 83.6 Å². The third-order valence-electron chi connectivity index (χ3n) is 5.60. The average Bonchev–Trinajstić information content (AvgIpc) is 3.46. The Balaban J connectivity index is 1.55. The van der Waals surface area contributed by atoms with Gasteiger partial charge in [0.25, 0.3) is 5.56 Å². The maximum atomic E-state index is 13.3. The van der Waals surface area contributed by atoms with Crippen LogP contribution in [0, 0.1) is 0 Å². The van der Waals surface area contributed by atoms with Crippen molar-refractivity contribution < 1.29 is 0 Å². The van der Waals surface area contributed by atoms with Crippen LogP contribution in [-0.4, -0.2) is 24.4 Å². The molecule has 0 aliphatic carbocycles. The van der Waals surface area contributed by atoms with Gasteiger partial charge in [0.1, 0.15) is 5.69 Å². The van der Waals surface area contributed by atoms with Crippen molar-refractivity contribution in [2.45, 2.75) is 0 Å². The third-order valence-corrected chi connectivity index (χ3v) is 6.81. The summed E-state index contributed by atoms with van der Waals surface area (Å²) in [7, 11) is 0. The largest absolute Gasteiger partial charge is 0.300 e. The Bertz CT molecular complexity index is 1880. The van der Waals surface area contributed by atoms with E-state index in [2.05, 4.69) is 10.1 Å². The van der Waals surface area contributed by atoms with Gasteiger partial charge in [-0.05, 0) is 30.3 Å². The maximum Gasteiger partial charge on any atom is 0.300 e. The van der Waals surface area contributed by atoms with E-state index in [1.807, 2.05) is 54.7 Å². The van der Waals surface area contributed by atoms with Crippen molar-refractivity contribution in [2.75, 3.05) is 0 Å². The van der Waals surface area contributed by atoms with Crippen LogP contribution in [0.25, 0.3) is 39.2 Å². The first-order chi connectivity index (χ1) is 17.6. The molecule has 6 aromatic rings. The molecule has 3 aromatic carbocycles. The molecule has 0 bridgehead atoms. The SMILES string of the molecule is O=c1nc2sc(=Cc3cn(-c4ccccc4)nc3-c3ccc(Cl)cc3)c(=O)n2nc1-c1ccccc1. The second-order valence-electron chi connectivity index (χ2n) is 7.96. The Labute approximate surface area is 213 Å². The monoisotopic (exact) mass is 509 g/mol. The summed E-state index contributed by atoms with van der Waals surface area (Å²) in [4.78, 5) is 30.3. The van der Waals surface area contributed by atoms with Gasteiger partial charge < -0.3 is 0 Å². The van der Waals surface area contributed by atoms with E-state index in [0.29, 0.717) is 20.8 Å². The number of rotatable bonds is 4. The van der Waals surface area contributed by atoms with Gasteiger partial charge in [-0.25, -0.2) is 4.68 Å². The topological polar surface area (TPSA) is 82.1 Å². The summed E-state index contributed by atoms with van der Waals surface area (Å²) < 4.78 is 3.34. The normalized spacial score (nSPS) is 11.9. The average molecular weight is 510 g/mol. The van der Waals surface area contributed by atoms with Crippen LogP contribution >= 0.6 is 22.9 Å². The molecule has 0 atom stereocenters. The molecule has 0 fully saturated rings. The van der Waals surface area contributed by atoms with Crippen LogP contribution in [0.2, 0.25) is 5.02 Å². The van der Waals surface area contributed by atoms with Gasteiger partial charge in [0.15, 0.2) is 5.69 Å². The molecule has 9 heteroatoms. The minimum atomic E-state index is -0.479. The summed E-state index contributed by atoms with van der Waals surface area (Å²) in [6.45, 7) is 0.